The Morgan fingerprint density at radius 2 is 1.05 bits per heavy atom. The molecule has 0 amide bonds. The minimum Gasteiger partial charge on any atom is -0.456 e. The number of rotatable bonds is 5. The van der Waals surface area contributed by atoms with Gasteiger partial charge in [0.1, 0.15) is 11.2 Å². The fourth-order valence-electron chi connectivity index (χ4n) is 11.9. The summed E-state index contributed by atoms with van der Waals surface area (Å²) in [6.45, 7) is 4.76. The number of hydrogen-bond acceptors (Lipinski definition) is 2. The van der Waals surface area contributed by atoms with E-state index in [1.165, 1.54) is 66.8 Å². The quantitative estimate of drug-likeness (QED) is 0.173. The van der Waals surface area contributed by atoms with Crippen molar-refractivity contribution in [2.24, 2.45) is 0 Å². The van der Waals surface area contributed by atoms with E-state index >= 15 is 0 Å². The van der Waals surface area contributed by atoms with Crippen LogP contribution in [0.25, 0.3) is 66.4 Å². The van der Waals surface area contributed by atoms with E-state index in [0.29, 0.717) is 0 Å². The van der Waals surface area contributed by atoms with E-state index in [0.717, 1.165) is 63.0 Å². The second-order valence-corrected chi connectivity index (χ2v) is 17.9. The lowest BCUT2D eigenvalue weighted by Crippen LogP contribution is -2.24. The molecular weight excluding hydrogens is 751 g/mol. The van der Waals surface area contributed by atoms with Crippen molar-refractivity contribution in [3.63, 3.8) is 0 Å². The number of nitrogens with zero attached hydrogens (tertiary/aromatic N) is 1. The van der Waals surface area contributed by atoms with E-state index in [9.17, 15) is 0 Å². The van der Waals surface area contributed by atoms with Crippen molar-refractivity contribution in [2.45, 2.75) is 37.5 Å². The number of para-hydroxylation sites is 2. The number of furan rings is 1. The molecule has 294 valence electrons. The SMILES string of the molecule is CC1(C)c2ccccc2-c2cccc(-c3cccc(N(c4ccc5c(c4)C4(CCc6ccccc64)c4ccccc4-5)c4ccccc4-c4cccc5oc6ccccc6c45)c3)c21. The molecule has 1 heterocycles. The van der Waals surface area contributed by atoms with Crippen LogP contribution in [0.5, 0.6) is 0 Å². The Labute approximate surface area is 362 Å². The van der Waals surface area contributed by atoms with Crippen molar-refractivity contribution in [1.29, 1.82) is 0 Å². The summed E-state index contributed by atoms with van der Waals surface area (Å²) in [6.07, 6.45) is 2.12. The Balaban J connectivity index is 1.06. The van der Waals surface area contributed by atoms with Gasteiger partial charge in [-0.05, 0) is 128 Å². The van der Waals surface area contributed by atoms with E-state index in [-0.39, 0.29) is 10.8 Å². The Hall–Kier alpha value is -7.42. The topological polar surface area (TPSA) is 16.4 Å². The number of aryl methyl sites for hydroxylation is 1. The van der Waals surface area contributed by atoms with Crippen LogP contribution in [0.15, 0.2) is 205 Å². The normalized spacial score (nSPS) is 16.3. The van der Waals surface area contributed by atoms with Crippen LogP contribution in [0.3, 0.4) is 0 Å². The highest BCUT2D eigenvalue weighted by molar-refractivity contribution is 6.14. The molecule has 0 bridgehead atoms. The van der Waals surface area contributed by atoms with Gasteiger partial charge in [-0.1, -0.05) is 172 Å². The zero-order valence-electron chi connectivity index (χ0n) is 34.8. The molecule has 10 aromatic rings. The Bertz CT molecular complexity index is 3480. The van der Waals surface area contributed by atoms with Crippen molar-refractivity contribution >= 4 is 39.0 Å². The molecule has 0 saturated carbocycles. The number of anilines is 3. The van der Waals surface area contributed by atoms with Crippen LogP contribution in [-0.4, -0.2) is 0 Å². The van der Waals surface area contributed by atoms with Gasteiger partial charge in [0.25, 0.3) is 0 Å². The van der Waals surface area contributed by atoms with Gasteiger partial charge in [-0.2, -0.15) is 0 Å². The predicted octanol–water partition coefficient (Wildman–Crippen LogP) is 16.0. The molecular formula is C60H43NO. The first-order valence-corrected chi connectivity index (χ1v) is 22.0. The predicted molar refractivity (Wildman–Crippen MR) is 257 cm³/mol. The molecule has 1 spiro atoms. The molecule has 13 rings (SSSR count). The molecule has 0 N–H and O–H groups in total. The minimum atomic E-state index is -0.210. The van der Waals surface area contributed by atoms with Crippen LogP contribution in [-0.2, 0) is 17.3 Å². The highest BCUT2D eigenvalue weighted by Crippen LogP contribution is 2.60. The van der Waals surface area contributed by atoms with Gasteiger partial charge in [-0.25, -0.2) is 0 Å². The van der Waals surface area contributed by atoms with Gasteiger partial charge in [0.15, 0.2) is 0 Å². The molecule has 0 saturated heterocycles. The van der Waals surface area contributed by atoms with Crippen molar-refractivity contribution in [2.75, 3.05) is 4.90 Å². The van der Waals surface area contributed by atoms with Gasteiger partial charge in [-0.3, -0.25) is 0 Å². The molecule has 1 aromatic heterocycles. The smallest absolute Gasteiger partial charge is 0.136 e. The molecule has 1 unspecified atom stereocenters. The molecule has 0 aliphatic heterocycles. The van der Waals surface area contributed by atoms with Crippen LogP contribution >= 0.6 is 0 Å². The fraction of sp³-hybridized carbons (Fsp3) is 0.100. The second-order valence-electron chi connectivity index (χ2n) is 17.9. The maximum Gasteiger partial charge on any atom is 0.136 e. The van der Waals surface area contributed by atoms with Crippen LogP contribution < -0.4 is 4.90 Å². The summed E-state index contributed by atoms with van der Waals surface area (Å²) in [4.78, 5) is 2.51. The summed E-state index contributed by atoms with van der Waals surface area (Å²) < 4.78 is 6.48. The van der Waals surface area contributed by atoms with Gasteiger partial charge < -0.3 is 9.32 Å². The highest BCUT2D eigenvalue weighted by Gasteiger charge is 2.48. The Kier molecular flexibility index (Phi) is 7.43. The summed E-state index contributed by atoms with van der Waals surface area (Å²) >= 11 is 0. The van der Waals surface area contributed by atoms with Crippen LogP contribution in [0.4, 0.5) is 17.1 Å². The molecule has 0 radical (unpaired) electrons. The van der Waals surface area contributed by atoms with Crippen molar-refractivity contribution in [1.82, 2.24) is 0 Å². The van der Waals surface area contributed by atoms with Crippen LogP contribution in [0, 0.1) is 0 Å². The van der Waals surface area contributed by atoms with Crippen molar-refractivity contribution in [3.8, 4) is 44.5 Å². The summed E-state index contributed by atoms with van der Waals surface area (Å²) in [6, 6.07) is 74.4. The first-order valence-electron chi connectivity index (χ1n) is 22.0. The van der Waals surface area contributed by atoms with E-state index in [2.05, 4.69) is 219 Å². The Morgan fingerprint density at radius 1 is 0.435 bits per heavy atom. The zero-order valence-corrected chi connectivity index (χ0v) is 34.8. The summed E-state index contributed by atoms with van der Waals surface area (Å²) in [7, 11) is 0. The van der Waals surface area contributed by atoms with Crippen LogP contribution in [0.2, 0.25) is 0 Å². The first-order chi connectivity index (χ1) is 30.5. The van der Waals surface area contributed by atoms with E-state index in [1.54, 1.807) is 0 Å². The lowest BCUT2D eigenvalue weighted by atomic mass is 9.73. The molecule has 0 fully saturated rings. The lowest BCUT2D eigenvalue weighted by Gasteiger charge is -2.32. The third-order valence-corrected chi connectivity index (χ3v) is 14.5. The number of fused-ring (bicyclic) bond motifs is 13. The largest absolute Gasteiger partial charge is 0.456 e. The number of benzene rings is 9. The first kappa shape index (κ1) is 35.3. The van der Waals surface area contributed by atoms with Gasteiger partial charge >= 0.3 is 0 Å². The lowest BCUT2D eigenvalue weighted by molar-refractivity contribution is 0.626. The highest BCUT2D eigenvalue weighted by atomic mass is 16.3. The van der Waals surface area contributed by atoms with Crippen LogP contribution in [0.1, 0.15) is 53.6 Å². The zero-order chi connectivity index (χ0) is 41.2. The summed E-state index contributed by atoms with van der Waals surface area (Å²) in [5, 5.41) is 2.26. The molecule has 9 aromatic carbocycles. The van der Waals surface area contributed by atoms with E-state index < -0.39 is 0 Å². The monoisotopic (exact) mass is 793 g/mol. The standard InChI is InChI=1S/C60H43NO/c1-59(2)51-27-9-4-20-44(51)48-25-14-23-42(58(48)59)39-17-13-18-40(36-39)61(54-29-11-6-21-46(54)47-24-15-31-56-57(47)49-22-7-12-30-55(49)62-56)41-32-33-45-43-19-5-10-28-52(43)60(53(45)37-41)35-34-38-16-3-8-26-50(38)60/h3-33,36-37H,34-35H2,1-2H3. The maximum atomic E-state index is 6.48. The van der Waals surface area contributed by atoms with Gasteiger partial charge in [0.05, 0.1) is 5.69 Å². The van der Waals surface area contributed by atoms with Gasteiger partial charge in [0.2, 0.25) is 0 Å². The molecule has 2 heteroatoms. The third-order valence-electron chi connectivity index (χ3n) is 14.5. The molecule has 1 atom stereocenters. The van der Waals surface area contributed by atoms with Gasteiger partial charge in [0, 0.05) is 38.5 Å². The van der Waals surface area contributed by atoms with Crippen molar-refractivity contribution < 1.29 is 4.42 Å². The average Bonchev–Trinajstić information content (AvgIpc) is 4.05. The third kappa shape index (κ3) is 4.81. The minimum absolute atomic E-state index is 0.141. The molecule has 62 heavy (non-hydrogen) atoms. The molecule has 3 aliphatic carbocycles. The number of hydrogen-bond donors (Lipinski definition) is 0. The molecule has 3 aliphatic rings. The summed E-state index contributed by atoms with van der Waals surface area (Å²) in [5.74, 6) is 0. The maximum absolute atomic E-state index is 6.48. The molecule has 2 nitrogen and oxygen atoms in total. The van der Waals surface area contributed by atoms with Crippen molar-refractivity contribution in [3.05, 3.63) is 234 Å². The Morgan fingerprint density at radius 3 is 1.94 bits per heavy atom. The van der Waals surface area contributed by atoms with Gasteiger partial charge in [-0.15, -0.1) is 0 Å². The van der Waals surface area contributed by atoms with E-state index in [1.807, 2.05) is 0 Å². The van der Waals surface area contributed by atoms with E-state index in [4.69, 9.17) is 4.42 Å². The average molecular weight is 794 g/mol. The fourth-order valence-corrected chi connectivity index (χ4v) is 11.9. The summed E-state index contributed by atoms with van der Waals surface area (Å²) in [5.41, 5.74) is 23.4. The second kappa shape index (κ2) is 13.0.